The van der Waals surface area contributed by atoms with Gasteiger partial charge in [-0.2, -0.15) is 4.80 Å². The molecule has 1 aromatic heterocycles. The number of aromatic nitrogens is 4. The van der Waals surface area contributed by atoms with E-state index in [1.165, 1.54) is 16.6 Å². The van der Waals surface area contributed by atoms with Gasteiger partial charge < -0.3 is 9.74 Å². The monoisotopic (exact) mass is 399 g/mol. The Bertz CT molecular complexity index is 659. The first-order valence-electron chi connectivity index (χ1n) is 8.86. The van der Waals surface area contributed by atoms with Gasteiger partial charge in [0.1, 0.15) is 0 Å². The van der Waals surface area contributed by atoms with E-state index in [0.29, 0.717) is 31.7 Å². The maximum absolute atomic E-state index is 12.2. The van der Waals surface area contributed by atoms with Crippen molar-refractivity contribution in [2.24, 2.45) is 13.0 Å². The van der Waals surface area contributed by atoms with Crippen LogP contribution in [0.4, 0.5) is 0 Å². The molecule has 1 aliphatic rings. The third kappa shape index (κ3) is 5.37. The Balaban J connectivity index is 1.74. The van der Waals surface area contributed by atoms with Gasteiger partial charge in [-0.05, 0) is 29.8 Å². The van der Waals surface area contributed by atoms with Crippen molar-refractivity contribution in [3.05, 3.63) is 5.82 Å². The Kier molecular flexibility index (Phi) is 6.62. The van der Waals surface area contributed by atoms with Crippen molar-refractivity contribution in [2.75, 3.05) is 6.61 Å². The molecule has 0 aliphatic carbocycles. The molecule has 0 unspecified atom stereocenters. The van der Waals surface area contributed by atoms with Gasteiger partial charge in [-0.15, -0.1) is 10.2 Å². The molecule has 146 valence electrons. The van der Waals surface area contributed by atoms with Gasteiger partial charge in [-0.1, -0.05) is 32.5 Å². The molecule has 0 spiro atoms. The van der Waals surface area contributed by atoms with E-state index < -0.39 is 8.32 Å². The lowest BCUT2D eigenvalue weighted by Crippen LogP contribution is -2.59. The maximum Gasteiger partial charge on any atom is 0.229 e. The molecule has 2 atom stereocenters. The molecule has 2 heterocycles. The first-order chi connectivity index (χ1) is 12.0. The topological polar surface area (TPSA) is 99.0 Å². The minimum absolute atomic E-state index is 0.0298. The van der Waals surface area contributed by atoms with E-state index in [4.69, 9.17) is 4.43 Å². The van der Waals surface area contributed by atoms with Gasteiger partial charge in [-0.3, -0.25) is 9.59 Å². The van der Waals surface area contributed by atoms with Crippen LogP contribution in [0, 0.1) is 5.92 Å². The average Bonchev–Trinajstić information content (AvgIpc) is 2.91. The zero-order valence-electron chi connectivity index (χ0n) is 16.4. The smallest absolute Gasteiger partial charge is 0.229 e. The van der Waals surface area contributed by atoms with Crippen LogP contribution in [0.2, 0.25) is 18.1 Å². The highest BCUT2D eigenvalue weighted by atomic mass is 32.2. The fourth-order valence-corrected chi connectivity index (χ4v) is 4.31. The Morgan fingerprint density at radius 2 is 2.08 bits per heavy atom. The molecule has 1 aromatic rings. The van der Waals surface area contributed by atoms with Crippen molar-refractivity contribution in [1.82, 2.24) is 25.5 Å². The van der Waals surface area contributed by atoms with Crippen molar-refractivity contribution in [2.45, 2.75) is 63.5 Å². The number of aryl methyl sites for hydroxylation is 2. The van der Waals surface area contributed by atoms with E-state index in [9.17, 15) is 9.59 Å². The summed E-state index contributed by atoms with van der Waals surface area (Å²) in [7, 11) is -0.191. The van der Waals surface area contributed by atoms with Crippen LogP contribution in [0.15, 0.2) is 0 Å². The number of nitrogens with one attached hydrogen (secondary N) is 1. The van der Waals surface area contributed by atoms with Gasteiger partial charge in [0.2, 0.25) is 5.91 Å². The van der Waals surface area contributed by atoms with Gasteiger partial charge in [0, 0.05) is 19.4 Å². The normalized spacial score (nSPS) is 20.6. The Labute approximate surface area is 159 Å². The van der Waals surface area contributed by atoms with Crippen molar-refractivity contribution >= 4 is 31.1 Å². The van der Waals surface area contributed by atoms with Crippen molar-refractivity contribution < 1.29 is 14.0 Å². The first-order valence-corrected chi connectivity index (χ1v) is 12.6. The van der Waals surface area contributed by atoms with Crippen LogP contribution in [-0.4, -0.2) is 51.5 Å². The molecule has 0 saturated carbocycles. The summed E-state index contributed by atoms with van der Waals surface area (Å²) in [6.45, 7) is 11.2. The molecular weight excluding hydrogens is 370 g/mol. The summed E-state index contributed by atoms with van der Waals surface area (Å²) >= 11 is 1.20. The number of carbonyl (C=O) groups is 2. The Hall–Kier alpha value is -1.26. The molecule has 2 rings (SSSR count). The Morgan fingerprint density at radius 1 is 1.38 bits per heavy atom. The molecular formula is C16H29N5O3SSi. The van der Waals surface area contributed by atoms with Crippen LogP contribution >= 0.6 is 11.8 Å². The second kappa shape index (κ2) is 8.18. The van der Waals surface area contributed by atoms with Gasteiger partial charge in [0.05, 0.1) is 18.3 Å². The number of tetrazole rings is 1. The fourth-order valence-electron chi connectivity index (χ4n) is 2.19. The van der Waals surface area contributed by atoms with E-state index in [1.54, 1.807) is 7.05 Å². The third-order valence-electron chi connectivity index (χ3n) is 5.01. The average molecular weight is 400 g/mol. The Morgan fingerprint density at radius 3 is 2.62 bits per heavy atom. The highest BCUT2D eigenvalue weighted by Crippen LogP contribution is 2.38. The SMILES string of the molecule is Cn1nnc(CCCC(=O)S[C@H]2NC(=O)[C@@H]2CO[Si](C)(C)C(C)(C)C)n1. The van der Waals surface area contributed by atoms with Crippen LogP contribution in [0.25, 0.3) is 0 Å². The van der Waals surface area contributed by atoms with Crippen molar-refractivity contribution in [3.63, 3.8) is 0 Å². The van der Waals surface area contributed by atoms with E-state index in [2.05, 4.69) is 54.6 Å². The number of hydrogen-bond acceptors (Lipinski definition) is 7. The third-order valence-corrected chi connectivity index (χ3v) is 10.7. The number of β-lactam (4-membered cyclic amide) rings is 1. The summed E-state index contributed by atoms with van der Waals surface area (Å²) in [5, 5.41) is 14.6. The van der Waals surface area contributed by atoms with Gasteiger partial charge in [0.25, 0.3) is 0 Å². The summed E-state index contributed by atoms with van der Waals surface area (Å²) in [6.07, 6.45) is 1.71. The largest absolute Gasteiger partial charge is 0.416 e. The highest BCUT2D eigenvalue weighted by molar-refractivity contribution is 8.14. The predicted octanol–water partition coefficient (Wildman–Crippen LogP) is 1.89. The fraction of sp³-hybridized carbons (Fsp3) is 0.812. The number of thioether (sulfide) groups is 1. The lowest BCUT2D eigenvalue weighted by atomic mass is 10.0. The minimum atomic E-state index is -1.90. The van der Waals surface area contributed by atoms with E-state index in [0.717, 1.165) is 0 Å². The van der Waals surface area contributed by atoms with Crippen LogP contribution < -0.4 is 5.32 Å². The molecule has 26 heavy (non-hydrogen) atoms. The number of carbonyl (C=O) groups excluding carboxylic acids is 2. The van der Waals surface area contributed by atoms with Crippen molar-refractivity contribution in [1.29, 1.82) is 0 Å². The minimum Gasteiger partial charge on any atom is -0.416 e. The number of amides is 1. The molecule has 1 saturated heterocycles. The summed E-state index contributed by atoms with van der Waals surface area (Å²) < 4.78 is 6.15. The molecule has 1 fully saturated rings. The molecule has 1 aliphatic heterocycles. The standard InChI is InChI=1S/C16H29N5O3SSi/c1-16(2,3)26(5,6)24-10-11-14(23)17-15(11)25-13(22)9-7-8-12-18-20-21(4)19-12/h11,15H,7-10H2,1-6H3,(H,17,23)/t11-,15+/m0/s1. The second-order valence-electron chi connectivity index (χ2n) is 8.15. The van der Waals surface area contributed by atoms with Gasteiger partial charge in [0.15, 0.2) is 19.3 Å². The zero-order chi connectivity index (χ0) is 19.5. The molecule has 1 N–H and O–H groups in total. The number of rotatable bonds is 8. The van der Waals surface area contributed by atoms with E-state index in [1.807, 2.05) is 0 Å². The van der Waals surface area contributed by atoms with Crippen LogP contribution in [0.5, 0.6) is 0 Å². The van der Waals surface area contributed by atoms with Crippen molar-refractivity contribution in [3.8, 4) is 0 Å². The number of hydrogen-bond donors (Lipinski definition) is 1. The predicted molar refractivity (Wildman–Crippen MR) is 103 cm³/mol. The van der Waals surface area contributed by atoms with E-state index in [-0.39, 0.29) is 27.4 Å². The summed E-state index contributed by atoms with van der Waals surface area (Å²) in [5.74, 6) is 0.361. The van der Waals surface area contributed by atoms with Gasteiger partial charge >= 0.3 is 0 Å². The van der Waals surface area contributed by atoms with Crippen LogP contribution in [-0.2, 0) is 27.5 Å². The number of nitrogens with zero attached hydrogens (tertiary/aromatic N) is 4. The molecule has 0 radical (unpaired) electrons. The van der Waals surface area contributed by atoms with E-state index >= 15 is 0 Å². The molecule has 1 amide bonds. The first kappa shape index (κ1) is 21.0. The second-order valence-corrected chi connectivity index (χ2v) is 14.2. The van der Waals surface area contributed by atoms with Crippen LogP contribution in [0.3, 0.4) is 0 Å². The van der Waals surface area contributed by atoms with Gasteiger partial charge in [-0.25, -0.2) is 0 Å². The summed E-state index contributed by atoms with van der Waals surface area (Å²) in [6, 6.07) is 0. The summed E-state index contributed by atoms with van der Waals surface area (Å²) in [4.78, 5) is 25.4. The summed E-state index contributed by atoms with van der Waals surface area (Å²) in [5.41, 5.74) is 0. The molecule has 0 aromatic carbocycles. The molecule has 0 bridgehead atoms. The molecule has 8 nitrogen and oxygen atoms in total. The zero-order valence-corrected chi connectivity index (χ0v) is 18.2. The lowest BCUT2D eigenvalue weighted by molar-refractivity contribution is -0.133. The highest BCUT2D eigenvalue weighted by Gasteiger charge is 2.44. The molecule has 10 heteroatoms. The quantitative estimate of drug-likeness (QED) is 0.526. The lowest BCUT2D eigenvalue weighted by Gasteiger charge is -2.41. The maximum atomic E-state index is 12.2. The van der Waals surface area contributed by atoms with Crippen LogP contribution in [0.1, 0.15) is 39.4 Å².